The van der Waals surface area contributed by atoms with Crippen LogP contribution < -0.4 is 5.73 Å². The van der Waals surface area contributed by atoms with Crippen LogP contribution in [0.5, 0.6) is 0 Å². The van der Waals surface area contributed by atoms with Crippen molar-refractivity contribution in [3.63, 3.8) is 0 Å². The Morgan fingerprint density at radius 3 is 2.78 bits per heavy atom. The average Bonchev–Trinajstić information content (AvgIpc) is 2.98. The molecule has 1 aromatic carbocycles. The van der Waals surface area contributed by atoms with E-state index in [1.165, 1.54) is 11.3 Å². The monoisotopic (exact) mass is 278 g/mol. The summed E-state index contributed by atoms with van der Waals surface area (Å²) in [6.07, 6.45) is 0. The van der Waals surface area contributed by atoms with Crippen molar-refractivity contribution < 1.29 is 4.52 Å². The zero-order chi connectivity index (χ0) is 12.5. The van der Waals surface area contributed by atoms with Crippen molar-refractivity contribution in [2.24, 2.45) is 0 Å². The third-order valence-corrected chi connectivity index (χ3v) is 3.29. The average molecular weight is 279 g/mol. The summed E-state index contributed by atoms with van der Waals surface area (Å²) in [7, 11) is 0. The molecule has 2 heterocycles. The van der Waals surface area contributed by atoms with Crippen LogP contribution in [-0.4, -0.2) is 15.1 Å². The van der Waals surface area contributed by atoms with Crippen molar-refractivity contribution in [1.82, 2.24) is 15.1 Å². The first-order valence-corrected chi connectivity index (χ1v) is 6.30. The standard InChI is InChI=1S/C11H7ClN4OS/c12-7-4-2-1-3-6(7)9-15-10(17-16-9)8-5-18-11(13)14-8/h1-5H,(H2,13,14). The molecule has 0 unspecified atom stereocenters. The predicted molar refractivity (Wildman–Crippen MR) is 70.3 cm³/mol. The molecular weight excluding hydrogens is 272 g/mol. The summed E-state index contributed by atoms with van der Waals surface area (Å²) in [6, 6.07) is 7.30. The van der Waals surface area contributed by atoms with Gasteiger partial charge in [-0.25, -0.2) is 4.98 Å². The van der Waals surface area contributed by atoms with E-state index >= 15 is 0 Å². The van der Waals surface area contributed by atoms with Gasteiger partial charge in [0.15, 0.2) is 5.13 Å². The highest BCUT2D eigenvalue weighted by Gasteiger charge is 2.14. The molecule has 0 bridgehead atoms. The summed E-state index contributed by atoms with van der Waals surface area (Å²) in [5.74, 6) is 0.764. The number of thiazole rings is 1. The molecule has 2 N–H and O–H groups in total. The number of nitrogen functional groups attached to an aromatic ring is 1. The first-order valence-electron chi connectivity index (χ1n) is 5.04. The third kappa shape index (κ3) is 1.96. The molecule has 90 valence electrons. The lowest BCUT2D eigenvalue weighted by molar-refractivity contribution is 0.431. The Balaban J connectivity index is 2.02. The third-order valence-electron chi connectivity index (χ3n) is 2.28. The van der Waals surface area contributed by atoms with E-state index in [0.717, 1.165) is 5.56 Å². The number of hydrogen-bond donors (Lipinski definition) is 1. The minimum Gasteiger partial charge on any atom is -0.375 e. The molecule has 0 saturated carbocycles. The number of benzene rings is 1. The van der Waals surface area contributed by atoms with Gasteiger partial charge in [0.05, 0.1) is 5.02 Å². The molecule has 5 nitrogen and oxygen atoms in total. The molecule has 3 rings (SSSR count). The molecule has 0 saturated heterocycles. The van der Waals surface area contributed by atoms with E-state index in [4.69, 9.17) is 21.9 Å². The second-order valence-electron chi connectivity index (χ2n) is 3.47. The topological polar surface area (TPSA) is 77.8 Å². The normalized spacial score (nSPS) is 10.7. The lowest BCUT2D eigenvalue weighted by atomic mass is 10.2. The molecule has 0 spiro atoms. The second kappa shape index (κ2) is 4.40. The second-order valence-corrected chi connectivity index (χ2v) is 4.77. The van der Waals surface area contributed by atoms with Gasteiger partial charge in [0.25, 0.3) is 5.89 Å². The van der Waals surface area contributed by atoms with Gasteiger partial charge in [-0.3, -0.25) is 0 Å². The molecule has 2 aromatic heterocycles. The van der Waals surface area contributed by atoms with Crippen molar-refractivity contribution in [3.8, 4) is 23.0 Å². The first-order chi connectivity index (χ1) is 8.74. The molecule has 0 fully saturated rings. The van der Waals surface area contributed by atoms with Crippen LogP contribution in [0.25, 0.3) is 23.0 Å². The zero-order valence-electron chi connectivity index (χ0n) is 9.00. The fraction of sp³-hybridized carbons (Fsp3) is 0. The minimum atomic E-state index is 0.331. The molecule has 0 amide bonds. The smallest absolute Gasteiger partial charge is 0.277 e. The maximum atomic E-state index is 6.06. The van der Waals surface area contributed by atoms with Gasteiger partial charge in [-0.1, -0.05) is 28.9 Å². The Labute approximate surface area is 111 Å². The Hall–Kier alpha value is -1.92. The van der Waals surface area contributed by atoms with Crippen LogP contribution in [0.4, 0.5) is 5.13 Å². The van der Waals surface area contributed by atoms with E-state index < -0.39 is 0 Å². The maximum absolute atomic E-state index is 6.06. The van der Waals surface area contributed by atoms with Crippen molar-refractivity contribution in [1.29, 1.82) is 0 Å². The number of aromatic nitrogens is 3. The van der Waals surface area contributed by atoms with E-state index in [-0.39, 0.29) is 0 Å². The Kier molecular flexibility index (Phi) is 2.73. The van der Waals surface area contributed by atoms with E-state index in [1.807, 2.05) is 18.2 Å². The molecule has 0 aliphatic carbocycles. The Morgan fingerprint density at radius 1 is 1.22 bits per heavy atom. The van der Waals surface area contributed by atoms with Crippen LogP contribution in [0.1, 0.15) is 0 Å². The van der Waals surface area contributed by atoms with Gasteiger partial charge in [0.1, 0.15) is 5.69 Å². The summed E-state index contributed by atoms with van der Waals surface area (Å²) < 4.78 is 5.14. The van der Waals surface area contributed by atoms with E-state index in [2.05, 4.69) is 15.1 Å². The molecule has 0 atom stereocenters. The SMILES string of the molecule is Nc1nc(-c2nc(-c3ccccc3Cl)no2)cs1. The lowest BCUT2D eigenvalue weighted by Crippen LogP contribution is -1.84. The molecule has 7 heteroatoms. The van der Waals surface area contributed by atoms with Gasteiger partial charge < -0.3 is 10.3 Å². The lowest BCUT2D eigenvalue weighted by Gasteiger charge is -1.95. The maximum Gasteiger partial charge on any atom is 0.277 e. The first kappa shape index (κ1) is 11.2. The highest BCUT2D eigenvalue weighted by atomic mass is 35.5. The minimum absolute atomic E-state index is 0.331. The van der Waals surface area contributed by atoms with E-state index in [0.29, 0.717) is 27.6 Å². The molecular formula is C11H7ClN4OS. The van der Waals surface area contributed by atoms with Gasteiger partial charge in [-0.05, 0) is 12.1 Å². The van der Waals surface area contributed by atoms with E-state index in [9.17, 15) is 0 Å². The summed E-state index contributed by atoms with van der Waals surface area (Å²) in [5.41, 5.74) is 6.85. The summed E-state index contributed by atoms with van der Waals surface area (Å²) in [4.78, 5) is 8.33. The molecule has 18 heavy (non-hydrogen) atoms. The largest absolute Gasteiger partial charge is 0.375 e. The van der Waals surface area contributed by atoms with Gasteiger partial charge in [-0.2, -0.15) is 4.98 Å². The van der Waals surface area contributed by atoms with E-state index in [1.54, 1.807) is 11.4 Å². The summed E-state index contributed by atoms with van der Waals surface area (Å²) in [5, 5.41) is 6.68. The van der Waals surface area contributed by atoms with Crippen LogP contribution in [0.2, 0.25) is 5.02 Å². The number of rotatable bonds is 2. The highest BCUT2D eigenvalue weighted by Crippen LogP contribution is 2.28. The van der Waals surface area contributed by atoms with Gasteiger partial charge >= 0.3 is 0 Å². The number of nitrogens with two attached hydrogens (primary N) is 1. The summed E-state index contributed by atoms with van der Waals surface area (Å²) >= 11 is 7.38. The number of hydrogen-bond acceptors (Lipinski definition) is 6. The Bertz CT molecular complexity index is 694. The van der Waals surface area contributed by atoms with Crippen molar-refractivity contribution in [2.45, 2.75) is 0 Å². The van der Waals surface area contributed by atoms with Gasteiger partial charge in [-0.15, -0.1) is 11.3 Å². The fourth-order valence-corrected chi connectivity index (χ4v) is 2.22. The number of anilines is 1. The van der Waals surface area contributed by atoms with Crippen LogP contribution in [-0.2, 0) is 0 Å². The number of halogens is 1. The van der Waals surface area contributed by atoms with Crippen molar-refractivity contribution in [3.05, 3.63) is 34.7 Å². The zero-order valence-corrected chi connectivity index (χ0v) is 10.6. The molecule has 0 radical (unpaired) electrons. The van der Waals surface area contributed by atoms with Crippen LogP contribution in [0, 0.1) is 0 Å². The van der Waals surface area contributed by atoms with Gasteiger partial charge in [0.2, 0.25) is 5.82 Å². The molecule has 0 aliphatic heterocycles. The quantitative estimate of drug-likeness (QED) is 0.779. The predicted octanol–water partition coefficient (Wildman–Crippen LogP) is 3.10. The molecule has 0 aliphatic rings. The van der Waals surface area contributed by atoms with Crippen LogP contribution in [0.3, 0.4) is 0 Å². The van der Waals surface area contributed by atoms with Crippen LogP contribution >= 0.6 is 22.9 Å². The van der Waals surface area contributed by atoms with Crippen molar-refractivity contribution >= 4 is 28.1 Å². The highest BCUT2D eigenvalue weighted by molar-refractivity contribution is 7.13. The van der Waals surface area contributed by atoms with Crippen LogP contribution in [0.15, 0.2) is 34.2 Å². The van der Waals surface area contributed by atoms with Crippen molar-refractivity contribution in [2.75, 3.05) is 5.73 Å². The summed E-state index contributed by atoms with van der Waals surface area (Å²) in [6.45, 7) is 0. The fourth-order valence-electron chi connectivity index (χ4n) is 1.47. The number of nitrogens with zero attached hydrogens (tertiary/aromatic N) is 3. The van der Waals surface area contributed by atoms with Gasteiger partial charge in [0, 0.05) is 10.9 Å². The molecule has 3 aromatic rings. The Morgan fingerprint density at radius 2 is 2.06 bits per heavy atom.